The van der Waals surface area contributed by atoms with Crippen molar-refractivity contribution in [2.75, 3.05) is 7.05 Å². The van der Waals surface area contributed by atoms with Gasteiger partial charge in [0, 0.05) is 12.0 Å². The summed E-state index contributed by atoms with van der Waals surface area (Å²) in [6, 6.07) is -0.437. The van der Waals surface area contributed by atoms with E-state index in [4.69, 9.17) is 11.3 Å². The summed E-state index contributed by atoms with van der Waals surface area (Å²) >= 11 is 0. The Morgan fingerprint density at radius 1 is 1.44 bits per heavy atom. The van der Waals surface area contributed by atoms with Crippen LogP contribution in [0.2, 0.25) is 0 Å². The standard InChI is InChI=1S/C13H20N2O3/c1-6-18-14-8(2)13-11(9(3)16)7-12(10(4)17)15(13)5/h1,8,11-14H,7H2,2-5H3/t8?,11-,12+,13-/m0/s1. The number of terminal acetylenes is 1. The van der Waals surface area contributed by atoms with Gasteiger partial charge in [0.1, 0.15) is 17.7 Å². The molecule has 5 heteroatoms. The van der Waals surface area contributed by atoms with E-state index in [2.05, 4.69) is 5.48 Å². The molecule has 1 heterocycles. The molecule has 1 N–H and O–H groups in total. The molecule has 1 unspecified atom stereocenters. The largest absolute Gasteiger partial charge is 0.356 e. The molecule has 18 heavy (non-hydrogen) atoms. The Balaban J connectivity index is 2.87. The summed E-state index contributed by atoms with van der Waals surface area (Å²) < 4.78 is 0. The fraction of sp³-hybridized carbons (Fsp3) is 0.692. The number of ketones is 2. The molecule has 0 amide bonds. The van der Waals surface area contributed by atoms with Gasteiger partial charge in [0.05, 0.1) is 12.1 Å². The minimum absolute atomic E-state index is 0.0799. The van der Waals surface area contributed by atoms with E-state index in [-0.39, 0.29) is 35.6 Å². The molecular formula is C13H20N2O3. The van der Waals surface area contributed by atoms with E-state index in [0.29, 0.717) is 6.42 Å². The van der Waals surface area contributed by atoms with Gasteiger partial charge in [-0.3, -0.25) is 14.5 Å². The lowest BCUT2D eigenvalue weighted by Gasteiger charge is -2.30. The third kappa shape index (κ3) is 2.89. The first-order chi connectivity index (χ1) is 8.40. The van der Waals surface area contributed by atoms with Crippen molar-refractivity contribution in [3.05, 3.63) is 0 Å². The van der Waals surface area contributed by atoms with E-state index < -0.39 is 0 Å². The number of carbonyl (C=O) groups excluding carboxylic acids is 2. The zero-order chi connectivity index (χ0) is 13.9. The van der Waals surface area contributed by atoms with Crippen molar-refractivity contribution < 1.29 is 14.4 Å². The summed E-state index contributed by atoms with van der Waals surface area (Å²) in [6.45, 7) is 5.00. The molecule has 1 rings (SSSR count). The van der Waals surface area contributed by atoms with Gasteiger partial charge in [-0.1, -0.05) is 6.42 Å². The number of likely N-dealkylation sites (N-methyl/N-ethyl adjacent to an activating group) is 1. The predicted octanol–water partition coefficient (Wildman–Crippen LogP) is 0.354. The summed E-state index contributed by atoms with van der Waals surface area (Å²) in [5.41, 5.74) is 2.71. The van der Waals surface area contributed by atoms with Crippen LogP contribution in [0.25, 0.3) is 0 Å². The molecule has 1 aliphatic heterocycles. The summed E-state index contributed by atoms with van der Waals surface area (Å²) in [4.78, 5) is 29.9. The fourth-order valence-electron chi connectivity index (χ4n) is 2.79. The molecular weight excluding hydrogens is 232 g/mol. The SMILES string of the molecule is C#CONC(C)[C@H]1[C@H](C(C)=O)C[C@H](C(C)=O)N1C. The van der Waals surface area contributed by atoms with E-state index in [1.54, 1.807) is 13.8 Å². The second-order valence-corrected chi connectivity index (χ2v) is 4.86. The highest BCUT2D eigenvalue weighted by Crippen LogP contribution is 2.31. The van der Waals surface area contributed by atoms with Crippen LogP contribution >= 0.6 is 0 Å². The second kappa shape index (κ2) is 5.98. The molecule has 0 radical (unpaired) electrons. The van der Waals surface area contributed by atoms with Crippen molar-refractivity contribution in [1.29, 1.82) is 0 Å². The van der Waals surface area contributed by atoms with Crippen molar-refractivity contribution in [2.45, 2.75) is 45.3 Å². The first-order valence-corrected chi connectivity index (χ1v) is 6.00. The normalized spacial score (nSPS) is 29.6. The second-order valence-electron chi connectivity index (χ2n) is 4.86. The third-order valence-corrected chi connectivity index (χ3v) is 3.66. The highest BCUT2D eigenvalue weighted by atomic mass is 16.6. The lowest BCUT2D eigenvalue weighted by Crippen LogP contribution is -2.49. The average molecular weight is 252 g/mol. The summed E-state index contributed by atoms with van der Waals surface area (Å²) in [6.07, 6.45) is 7.61. The molecule has 0 aliphatic carbocycles. The Kier molecular flexibility index (Phi) is 4.88. The number of hydroxylamine groups is 1. The molecule has 4 atom stereocenters. The molecule has 0 aromatic carbocycles. The van der Waals surface area contributed by atoms with Gasteiger partial charge in [-0.25, -0.2) is 0 Å². The van der Waals surface area contributed by atoms with Crippen molar-refractivity contribution >= 4 is 11.6 Å². The zero-order valence-electron chi connectivity index (χ0n) is 11.3. The third-order valence-electron chi connectivity index (χ3n) is 3.66. The Morgan fingerprint density at radius 3 is 2.50 bits per heavy atom. The highest BCUT2D eigenvalue weighted by Gasteiger charge is 2.45. The zero-order valence-corrected chi connectivity index (χ0v) is 11.3. The first kappa shape index (κ1) is 14.7. The van der Waals surface area contributed by atoms with Crippen LogP contribution < -0.4 is 5.48 Å². The van der Waals surface area contributed by atoms with Gasteiger partial charge in [0.25, 0.3) is 0 Å². The van der Waals surface area contributed by atoms with Crippen molar-refractivity contribution in [3.8, 4) is 12.5 Å². The minimum atomic E-state index is -0.209. The van der Waals surface area contributed by atoms with Crippen molar-refractivity contribution in [1.82, 2.24) is 10.4 Å². The molecule has 1 aliphatic rings. The molecule has 0 saturated carbocycles. The van der Waals surface area contributed by atoms with Gasteiger partial charge < -0.3 is 4.84 Å². The number of hydrogen-bond donors (Lipinski definition) is 1. The maximum Gasteiger partial charge on any atom is 0.146 e. The topological polar surface area (TPSA) is 58.6 Å². The van der Waals surface area contributed by atoms with Crippen LogP contribution in [-0.2, 0) is 14.4 Å². The van der Waals surface area contributed by atoms with Crippen LogP contribution in [0.5, 0.6) is 0 Å². The number of likely N-dealkylation sites (tertiary alicyclic amines) is 1. The molecule has 100 valence electrons. The smallest absolute Gasteiger partial charge is 0.146 e. The first-order valence-electron chi connectivity index (χ1n) is 6.00. The van der Waals surface area contributed by atoms with Gasteiger partial charge in [-0.2, -0.15) is 0 Å². The molecule has 0 aromatic heterocycles. The molecule has 0 spiro atoms. The minimum Gasteiger partial charge on any atom is -0.356 e. The summed E-state index contributed by atoms with van der Waals surface area (Å²) in [5.74, 6) is -0.00551. The Bertz CT molecular complexity index is 375. The van der Waals surface area contributed by atoms with Crippen molar-refractivity contribution in [2.24, 2.45) is 5.92 Å². The van der Waals surface area contributed by atoms with Gasteiger partial charge in [0.15, 0.2) is 0 Å². The molecule has 1 fully saturated rings. The molecule has 1 saturated heterocycles. The lowest BCUT2D eigenvalue weighted by molar-refractivity contribution is -0.122. The van der Waals surface area contributed by atoms with Crippen LogP contribution in [0.15, 0.2) is 0 Å². The quantitative estimate of drug-likeness (QED) is 0.565. The van der Waals surface area contributed by atoms with Gasteiger partial charge in [0.2, 0.25) is 0 Å². The van der Waals surface area contributed by atoms with Crippen LogP contribution in [0, 0.1) is 18.4 Å². The predicted molar refractivity (Wildman–Crippen MR) is 67.3 cm³/mol. The Hall–Kier alpha value is -1.38. The highest BCUT2D eigenvalue weighted by molar-refractivity contribution is 5.85. The number of rotatable bonds is 5. The molecule has 0 bridgehead atoms. The molecule has 5 nitrogen and oxygen atoms in total. The van der Waals surface area contributed by atoms with Gasteiger partial charge >= 0.3 is 0 Å². The number of carbonyl (C=O) groups is 2. The Morgan fingerprint density at radius 2 is 2.06 bits per heavy atom. The monoisotopic (exact) mass is 252 g/mol. The van der Waals surface area contributed by atoms with E-state index >= 15 is 0 Å². The van der Waals surface area contributed by atoms with Gasteiger partial charge in [-0.15, -0.1) is 5.48 Å². The summed E-state index contributed by atoms with van der Waals surface area (Å²) in [7, 11) is 1.85. The van der Waals surface area contributed by atoms with E-state index in [0.717, 1.165) is 0 Å². The summed E-state index contributed by atoms with van der Waals surface area (Å²) in [5, 5.41) is 0. The van der Waals surface area contributed by atoms with Crippen LogP contribution in [0.3, 0.4) is 0 Å². The van der Waals surface area contributed by atoms with Crippen LogP contribution in [0.4, 0.5) is 0 Å². The number of nitrogens with one attached hydrogen (secondary N) is 1. The van der Waals surface area contributed by atoms with Crippen molar-refractivity contribution in [3.63, 3.8) is 0 Å². The number of Topliss-reactive ketones (excluding diaryl/α,β-unsaturated/α-hetero) is 2. The van der Waals surface area contributed by atoms with Crippen LogP contribution in [0.1, 0.15) is 27.2 Å². The maximum atomic E-state index is 11.7. The fourth-order valence-corrected chi connectivity index (χ4v) is 2.79. The lowest BCUT2D eigenvalue weighted by atomic mass is 9.91. The Labute approximate surface area is 108 Å². The average Bonchev–Trinajstić information content (AvgIpc) is 2.64. The number of hydrogen-bond acceptors (Lipinski definition) is 5. The molecule has 0 aromatic rings. The van der Waals surface area contributed by atoms with E-state index in [1.165, 1.54) is 0 Å². The van der Waals surface area contributed by atoms with Crippen LogP contribution in [-0.4, -0.2) is 41.6 Å². The number of nitrogens with zero attached hydrogens (tertiary/aromatic N) is 1. The van der Waals surface area contributed by atoms with E-state index in [9.17, 15) is 9.59 Å². The maximum absolute atomic E-state index is 11.7. The van der Waals surface area contributed by atoms with E-state index in [1.807, 2.05) is 25.0 Å². The van der Waals surface area contributed by atoms with Gasteiger partial charge in [-0.05, 0) is 34.2 Å².